The average Bonchev–Trinajstić information content (AvgIpc) is 3.09. The third-order valence-electron chi connectivity index (χ3n) is 3.90. The standard InChI is InChI=1S/C13H17N3O4S3/c1-2-7-16(10-6-8-22(17,18)9-10)23(19,20)12-5-3-4-11-13(12)15-21-14-11/h3-5,10H,2,6-9H2,1H3/t10-/m1/s1. The first kappa shape index (κ1) is 16.7. The molecule has 126 valence electrons. The molecule has 2 aromatic rings. The Hall–Kier alpha value is -1.10. The molecule has 23 heavy (non-hydrogen) atoms. The van der Waals surface area contributed by atoms with E-state index in [-0.39, 0.29) is 22.9 Å². The number of hydrogen-bond acceptors (Lipinski definition) is 7. The van der Waals surface area contributed by atoms with Gasteiger partial charge in [-0.1, -0.05) is 13.0 Å². The highest BCUT2D eigenvalue weighted by Crippen LogP contribution is 2.29. The Kier molecular flexibility index (Phi) is 4.43. The van der Waals surface area contributed by atoms with Gasteiger partial charge >= 0.3 is 0 Å². The highest BCUT2D eigenvalue weighted by Gasteiger charge is 2.39. The van der Waals surface area contributed by atoms with Crippen molar-refractivity contribution >= 4 is 42.6 Å². The molecule has 1 aliphatic rings. The number of sulfonamides is 1. The van der Waals surface area contributed by atoms with Gasteiger partial charge in [-0.25, -0.2) is 16.8 Å². The maximum Gasteiger partial charge on any atom is 0.245 e. The van der Waals surface area contributed by atoms with E-state index < -0.39 is 25.9 Å². The molecule has 10 heteroatoms. The third kappa shape index (κ3) is 3.12. The minimum atomic E-state index is -3.82. The van der Waals surface area contributed by atoms with E-state index in [1.807, 2.05) is 6.92 Å². The van der Waals surface area contributed by atoms with Crippen LogP contribution in [0, 0.1) is 0 Å². The van der Waals surface area contributed by atoms with E-state index in [9.17, 15) is 16.8 Å². The van der Waals surface area contributed by atoms with Gasteiger partial charge in [-0.15, -0.1) is 0 Å². The van der Waals surface area contributed by atoms with Crippen LogP contribution in [0.25, 0.3) is 11.0 Å². The second-order valence-corrected chi connectivity index (χ2v) is 10.2. The SMILES string of the molecule is CCCN([C@@H]1CCS(=O)(=O)C1)S(=O)(=O)c1cccc2nsnc12. The second-order valence-electron chi connectivity index (χ2n) is 5.56. The molecule has 0 amide bonds. The van der Waals surface area contributed by atoms with Crippen molar-refractivity contribution in [2.75, 3.05) is 18.1 Å². The molecular weight excluding hydrogens is 358 g/mol. The monoisotopic (exact) mass is 375 g/mol. The van der Waals surface area contributed by atoms with E-state index in [1.54, 1.807) is 12.1 Å². The van der Waals surface area contributed by atoms with E-state index in [0.717, 1.165) is 11.7 Å². The molecule has 0 N–H and O–H groups in total. The van der Waals surface area contributed by atoms with E-state index in [1.165, 1.54) is 10.4 Å². The predicted octanol–water partition coefficient (Wildman–Crippen LogP) is 1.28. The Balaban J connectivity index is 2.06. The smallest absolute Gasteiger partial charge is 0.229 e. The van der Waals surface area contributed by atoms with Gasteiger partial charge in [0, 0.05) is 12.6 Å². The Morgan fingerprint density at radius 2 is 2.13 bits per heavy atom. The Labute approximate surface area is 139 Å². The zero-order chi connectivity index (χ0) is 16.7. The van der Waals surface area contributed by atoms with Crippen molar-refractivity contribution in [1.29, 1.82) is 0 Å². The molecule has 1 aromatic carbocycles. The van der Waals surface area contributed by atoms with Gasteiger partial charge in [0.15, 0.2) is 9.84 Å². The molecule has 1 fully saturated rings. The number of rotatable bonds is 5. The summed E-state index contributed by atoms with van der Waals surface area (Å²) in [6.07, 6.45) is 0.952. The zero-order valence-electron chi connectivity index (χ0n) is 12.5. The molecular formula is C13H17N3O4S3. The van der Waals surface area contributed by atoms with Gasteiger partial charge in [-0.2, -0.15) is 13.1 Å². The summed E-state index contributed by atoms with van der Waals surface area (Å²) in [4.78, 5) is 0.0986. The van der Waals surface area contributed by atoms with Crippen LogP contribution in [0.2, 0.25) is 0 Å². The molecule has 0 radical (unpaired) electrons. The summed E-state index contributed by atoms with van der Waals surface area (Å²) in [5.41, 5.74) is 0.881. The fraction of sp³-hybridized carbons (Fsp3) is 0.538. The first-order chi connectivity index (χ1) is 10.8. The maximum absolute atomic E-state index is 13.1. The summed E-state index contributed by atoms with van der Waals surface area (Å²) >= 11 is 0.961. The van der Waals surface area contributed by atoms with Gasteiger partial charge in [0.05, 0.1) is 23.2 Å². The first-order valence-electron chi connectivity index (χ1n) is 7.29. The summed E-state index contributed by atoms with van der Waals surface area (Å²) < 4.78 is 59.2. The molecule has 1 saturated heterocycles. The Morgan fingerprint density at radius 1 is 1.35 bits per heavy atom. The third-order valence-corrected chi connectivity index (χ3v) is 8.17. The van der Waals surface area contributed by atoms with Crippen LogP contribution < -0.4 is 0 Å². The van der Waals surface area contributed by atoms with Crippen LogP contribution in [0.5, 0.6) is 0 Å². The van der Waals surface area contributed by atoms with Crippen molar-refractivity contribution in [2.45, 2.75) is 30.7 Å². The van der Waals surface area contributed by atoms with Gasteiger partial charge in [-0.05, 0) is 25.0 Å². The lowest BCUT2D eigenvalue weighted by Gasteiger charge is -2.27. The maximum atomic E-state index is 13.1. The minimum Gasteiger partial charge on any atom is -0.229 e. The van der Waals surface area contributed by atoms with Crippen LogP contribution in [0.4, 0.5) is 0 Å². The molecule has 7 nitrogen and oxygen atoms in total. The summed E-state index contributed by atoms with van der Waals surface area (Å²) in [6, 6.07) is 4.34. The largest absolute Gasteiger partial charge is 0.245 e. The lowest BCUT2D eigenvalue weighted by Crippen LogP contribution is -2.41. The number of sulfone groups is 1. The van der Waals surface area contributed by atoms with Gasteiger partial charge in [0.1, 0.15) is 15.9 Å². The molecule has 1 atom stereocenters. The number of fused-ring (bicyclic) bond motifs is 1. The lowest BCUT2D eigenvalue weighted by molar-refractivity contribution is 0.340. The molecule has 0 saturated carbocycles. The van der Waals surface area contributed by atoms with Crippen LogP contribution in [0.3, 0.4) is 0 Å². The molecule has 0 unspecified atom stereocenters. The Morgan fingerprint density at radius 3 is 2.78 bits per heavy atom. The molecule has 1 aliphatic heterocycles. The molecule has 2 heterocycles. The summed E-state index contributed by atoms with van der Waals surface area (Å²) in [5.74, 6) is -0.0760. The number of aromatic nitrogens is 2. The van der Waals surface area contributed by atoms with E-state index in [4.69, 9.17) is 0 Å². The Bertz CT molecular complexity index is 921. The van der Waals surface area contributed by atoms with E-state index in [2.05, 4.69) is 8.75 Å². The predicted molar refractivity (Wildman–Crippen MR) is 88.7 cm³/mol. The summed E-state index contributed by atoms with van der Waals surface area (Å²) in [5, 5.41) is 0. The minimum absolute atomic E-state index is 0.0376. The van der Waals surface area contributed by atoms with E-state index >= 15 is 0 Å². The molecule has 1 aromatic heterocycles. The van der Waals surface area contributed by atoms with Crippen LogP contribution in [0.1, 0.15) is 19.8 Å². The van der Waals surface area contributed by atoms with Crippen molar-refractivity contribution in [3.63, 3.8) is 0 Å². The van der Waals surface area contributed by atoms with Gasteiger partial charge in [-0.3, -0.25) is 0 Å². The van der Waals surface area contributed by atoms with Crippen molar-refractivity contribution < 1.29 is 16.8 Å². The van der Waals surface area contributed by atoms with Crippen molar-refractivity contribution in [3.05, 3.63) is 18.2 Å². The lowest BCUT2D eigenvalue weighted by atomic mass is 10.2. The molecule has 0 spiro atoms. The van der Waals surface area contributed by atoms with Crippen molar-refractivity contribution in [1.82, 2.24) is 13.1 Å². The van der Waals surface area contributed by atoms with Crippen LogP contribution >= 0.6 is 11.7 Å². The highest BCUT2D eigenvalue weighted by molar-refractivity contribution is 7.92. The second kappa shape index (κ2) is 6.08. The topological polar surface area (TPSA) is 97.3 Å². The van der Waals surface area contributed by atoms with Gasteiger partial charge < -0.3 is 0 Å². The van der Waals surface area contributed by atoms with Gasteiger partial charge in [0.25, 0.3) is 0 Å². The normalized spacial score (nSPS) is 21.2. The average molecular weight is 375 g/mol. The van der Waals surface area contributed by atoms with Crippen molar-refractivity contribution in [3.8, 4) is 0 Å². The number of hydrogen-bond donors (Lipinski definition) is 0. The fourth-order valence-corrected chi connectivity index (χ4v) is 7.16. The molecule has 0 bridgehead atoms. The highest BCUT2D eigenvalue weighted by atomic mass is 32.2. The van der Waals surface area contributed by atoms with Crippen LogP contribution in [-0.2, 0) is 19.9 Å². The first-order valence-corrected chi connectivity index (χ1v) is 11.3. The number of benzene rings is 1. The fourth-order valence-electron chi connectivity index (χ4n) is 2.84. The molecule has 3 rings (SSSR count). The van der Waals surface area contributed by atoms with Crippen LogP contribution in [0.15, 0.2) is 23.1 Å². The summed E-state index contributed by atoms with van der Waals surface area (Å²) in [7, 11) is -6.99. The zero-order valence-corrected chi connectivity index (χ0v) is 15.0. The molecule has 0 aliphatic carbocycles. The van der Waals surface area contributed by atoms with Gasteiger partial charge in [0.2, 0.25) is 10.0 Å². The number of nitrogens with zero attached hydrogens (tertiary/aromatic N) is 3. The quantitative estimate of drug-likeness (QED) is 0.781. The summed E-state index contributed by atoms with van der Waals surface area (Å²) in [6.45, 7) is 2.16. The van der Waals surface area contributed by atoms with E-state index in [0.29, 0.717) is 23.9 Å². The van der Waals surface area contributed by atoms with Crippen LogP contribution in [-0.4, -0.2) is 54.0 Å². The van der Waals surface area contributed by atoms with Crippen molar-refractivity contribution in [2.24, 2.45) is 0 Å².